The number of allylic oxidation sites excluding steroid dienone is 3. The van der Waals surface area contributed by atoms with Crippen LogP contribution in [0.2, 0.25) is 0 Å². The minimum atomic E-state index is 0.912. The van der Waals surface area contributed by atoms with Crippen LogP contribution >= 0.6 is 0 Å². The molecule has 0 bridgehead atoms. The monoisotopic (exact) mass is 235 g/mol. The Morgan fingerprint density at radius 2 is 1.50 bits per heavy atom. The highest BCUT2D eigenvalue weighted by Crippen LogP contribution is 2.16. The second-order valence-electron chi connectivity index (χ2n) is 4.07. The Morgan fingerprint density at radius 1 is 0.889 bits per heavy atom. The molecule has 2 rings (SSSR count). The van der Waals surface area contributed by atoms with E-state index in [0.29, 0.717) is 0 Å². The Balaban J connectivity index is 2.21. The maximum absolute atomic E-state index is 5.51. The van der Waals surface area contributed by atoms with E-state index in [1.54, 1.807) is 6.20 Å². The van der Waals surface area contributed by atoms with Gasteiger partial charge in [0.1, 0.15) is 0 Å². The van der Waals surface area contributed by atoms with Gasteiger partial charge in [-0.1, -0.05) is 66.7 Å². The summed E-state index contributed by atoms with van der Waals surface area (Å²) in [6, 6.07) is 20.7. The number of benzene rings is 2. The van der Waals surface area contributed by atoms with Crippen molar-refractivity contribution in [2.75, 3.05) is 0 Å². The van der Waals surface area contributed by atoms with Gasteiger partial charge in [0.25, 0.3) is 0 Å². The molecular formula is C17H17N. The first-order valence-corrected chi connectivity index (χ1v) is 6.08. The molecule has 90 valence electrons. The zero-order valence-corrected chi connectivity index (χ0v) is 10.3. The summed E-state index contributed by atoms with van der Waals surface area (Å²) in [6.45, 7) is 0. The maximum Gasteiger partial charge on any atom is -0.00563 e. The van der Waals surface area contributed by atoms with Gasteiger partial charge in [0, 0.05) is 0 Å². The first-order valence-electron chi connectivity index (χ1n) is 6.08. The summed E-state index contributed by atoms with van der Waals surface area (Å²) >= 11 is 0. The summed E-state index contributed by atoms with van der Waals surface area (Å²) in [5.41, 5.74) is 9.16. The molecule has 0 fully saturated rings. The van der Waals surface area contributed by atoms with Crippen LogP contribution in [0.15, 0.2) is 79.0 Å². The van der Waals surface area contributed by atoms with Crippen molar-refractivity contribution in [3.05, 3.63) is 90.1 Å². The smallest absolute Gasteiger partial charge is 0.00563 e. The van der Waals surface area contributed by atoms with Gasteiger partial charge in [0.2, 0.25) is 0 Å². The minimum Gasteiger partial charge on any atom is -0.405 e. The van der Waals surface area contributed by atoms with Crippen molar-refractivity contribution in [1.29, 1.82) is 0 Å². The Bertz CT molecular complexity index is 524. The van der Waals surface area contributed by atoms with Crippen LogP contribution in [0.3, 0.4) is 0 Å². The third-order valence-corrected chi connectivity index (χ3v) is 2.78. The maximum atomic E-state index is 5.51. The van der Waals surface area contributed by atoms with Gasteiger partial charge >= 0.3 is 0 Å². The van der Waals surface area contributed by atoms with Crippen molar-refractivity contribution in [1.82, 2.24) is 0 Å². The van der Waals surface area contributed by atoms with Gasteiger partial charge in [-0.2, -0.15) is 0 Å². The SMILES string of the molecule is N/C=C\C(=C/Cc1ccccc1)c1ccccc1. The van der Waals surface area contributed by atoms with Crippen LogP contribution in [-0.4, -0.2) is 0 Å². The Hall–Kier alpha value is -2.28. The van der Waals surface area contributed by atoms with E-state index in [1.807, 2.05) is 30.3 Å². The average molecular weight is 235 g/mol. The highest BCUT2D eigenvalue weighted by Gasteiger charge is 1.96. The lowest BCUT2D eigenvalue weighted by Gasteiger charge is -2.03. The van der Waals surface area contributed by atoms with Crippen molar-refractivity contribution in [3.8, 4) is 0 Å². The second-order valence-corrected chi connectivity index (χ2v) is 4.07. The van der Waals surface area contributed by atoms with Crippen molar-refractivity contribution < 1.29 is 0 Å². The summed E-state index contributed by atoms with van der Waals surface area (Å²) in [5, 5.41) is 0. The van der Waals surface area contributed by atoms with E-state index in [1.165, 1.54) is 11.1 Å². The Labute approximate surface area is 108 Å². The molecule has 0 aliphatic rings. The van der Waals surface area contributed by atoms with Crippen LogP contribution in [0.5, 0.6) is 0 Å². The third-order valence-electron chi connectivity index (χ3n) is 2.78. The minimum absolute atomic E-state index is 0.912. The molecule has 1 heteroatoms. The zero-order valence-electron chi connectivity index (χ0n) is 10.3. The summed E-state index contributed by atoms with van der Waals surface area (Å²) in [7, 11) is 0. The van der Waals surface area contributed by atoms with Gasteiger partial charge in [-0.25, -0.2) is 0 Å². The number of hydrogen-bond donors (Lipinski definition) is 1. The summed E-state index contributed by atoms with van der Waals surface area (Å²) in [4.78, 5) is 0. The highest BCUT2D eigenvalue weighted by atomic mass is 14.5. The number of hydrogen-bond acceptors (Lipinski definition) is 1. The molecule has 2 aromatic rings. The molecule has 18 heavy (non-hydrogen) atoms. The van der Waals surface area contributed by atoms with Gasteiger partial charge in [-0.15, -0.1) is 0 Å². The summed E-state index contributed by atoms with van der Waals surface area (Å²) in [6.07, 6.45) is 6.64. The molecule has 1 nitrogen and oxygen atoms in total. The van der Waals surface area contributed by atoms with Crippen molar-refractivity contribution >= 4 is 5.57 Å². The summed E-state index contributed by atoms with van der Waals surface area (Å²) in [5.74, 6) is 0. The van der Waals surface area contributed by atoms with Crippen LogP contribution in [0.1, 0.15) is 11.1 Å². The highest BCUT2D eigenvalue weighted by molar-refractivity contribution is 5.73. The quantitative estimate of drug-likeness (QED) is 0.802. The number of nitrogens with two attached hydrogens (primary N) is 1. The topological polar surface area (TPSA) is 26.0 Å². The molecule has 0 aromatic heterocycles. The molecule has 0 saturated carbocycles. The molecule has 0 spiro atoms. The van der Waals surface area contributed by atoms with E-state index >= 15 is 0 Å². The molecule has 0 saturated heterocycles. The largest absolute Gasteiger partial charge is 0.405 e. The molecular weight excluding hydrogens is 218 g/mol. The molecule has 0 unspecified atom stereocenters. The molecule has 0 aliphatic carbocycles. The zero-order chi connectivity index (χ0) is 12.6. The Morgan fingerprint density at radius 3 is 2.11 bits per heavy atom. The first-order chi connectivity index (χ1) is 8.90. The molecule has 0 heterocycles. The van der Waals surface area contributed by atoms with Crippen molar-refractivity contribution in [3.63, 3.8) is 0 Å². The third kappa shape index (κ3) is 3.36. The van der Waals surface area contributed by atoms with Gasteiger partial charge in [-0.3, -0.25) is 0 Å². The van der Waals surface area contributed by atoms with Gasteiger partial charge in [-0.05, 0) is 35.4 Å². The van der Waals surface area contributed by atoms with Crippen molar-refractivity contribution in [2.45, 2.75) is 6.42 Å². The van der Waals surface area contributed by atoms with Crippen molar-refractivity contribution in [2.24, 2.45) is 5.73 Å². The fourth-order valence-corrected chi connectivity index (χ4v) is 1.86. The van der Waals surface area contributed by atoms with E-state index in [4.69, 9.17) is 5.73 Å². The van der Waals surface area contributed by atoms with Gasteiger partial charge in [0.05, 0.1) is 0 Å². The predicted molar refractivity (Wildman–Crippen MR) is 77.9 cm³/mol. The molecule has 2 aromatic carbocycles. The van der Waals surface area contributed by atoms with Crippen LogP contribution in [-0.2, 0) is 6.42 Å². The molecule has 0 atom stereocenters. The lowest BCUT2D eigenvalue weighted by atomic mass is 10.0. The van der Waals surface area contributed by atoms with Gasteiger partial charge < -0.3 is 5.73 Å². The second kappa shape index (κ2) is 6.45. The van der Waals surface area contributed by atoms with E-state index in [9.17, 15) is 0 Å². The lowest BCUT2D eigenvalue weighted by Crippen LogP contribution is -1.86. The standard InChI is InChI=1S/C17H17N/c18-14-13-17(16-9-5-2-6-10-16)12-11-15-7-3-1-4-8-15/h1-10,12-14H,11,18H2/b14-13-,17-12+. The number of rotatable bonds is 4. The van der Waals surface area contributed by atoms with E-state index in [2.05, 4.69) is 42.5 Å². The van der Waals surface area contributed by atoms with Crippen LogP contribution in [0.4, 0.5) is 0 Å². The lowest BCUT2D eigenvalue weighted by molar-refractivity contribution is 1.27. The van der Waals surface area contributed by atoms with E-state index in [0.717, 1.165) is 12.0 Å². The fraction of sp³-hybridized carbons (Fsp3) is 0.0588. The first kappa shape index (κ1) is 12.2. The molecule has 2 N–H and O–H groups in total. The Kier molecular flexibility index (Phi) is 4.37. The average Bonchev–Trinajstić information content (AvgIpc) is 2.45. The molecule has 0 aliphatic heterocycles. The fourth-order valence-electron chi connectivity index (χ4n) is 1.86. The summed E-state index contributed by atoms with van der Waals surface area (Å²) < 4.78 is 0. The van der Waals surface area contributed by atoms with E-state index in [-0.39, 0.29) is 0 Å². The van der Waals surface area contributed by atoms with Gasteiger partial charge in [0.15, 0.2) is 0 Å². The van der Waals surface area contributed by atoms with Crippen LogP contribution < -0.4 is 5.73 Å². The van der Waals surface area contributed by atoms with Crippen LogP contribution in [0, 0.1) is 0 Å². The molecule has 0 amide bonds. The normalized spacial score (nSPS) is 11.9. The molecule has 0 radical (unpaired) electrons. The van der Waals surface area contributed by atoms with Crippen LogP contribution in [0.25, 0.3) is 5.57 Å². The van der Waals surface area contributed by atoms with E-state index < -0.39 is 0 Å². The predicted octanol–water partition coefficient (Wildman–Crippen LogP) is 3.79.